The molecule has 0 saturated carbocycles. The van der Waals surface area contributed by atoms with E-state index in [-0.39, 0.29) is 0 Å². The fraction of sp³-hybridized carbons (Fsp3) is 0.167. The Balaban J connectivity index is 1.65. The smallest absolute Gasteiger partial charge is 0.169 e. The van der Waals surface area contributed by atoms with Crippen molar-refractivity contribution < 1.29 is 4.42 Å². The molecule has 0 aliphatic carbocycles. The molecule has 23 heavy (non-hydrogen) atoms. The first-order valence-corrected chi connectivity index (χ1v) is 8.71. The molecule has 0 saturated heterocycles. The van der Waals surface area contributed by atoms with Crippen molar-refractivity contribution in [1.29, 1.82) is 0 Å². The molecule has 2 aromatic heterocycles. The summed E-state index contributed by atoms with van der Waals surface area (Å²) in [6.45, 7) is 2.16. The van der Waals surface area contributed by atoms with Gasteiger partial charge in [-0.05, 0) is 41.4 Å². The molecule has 3 rings (SSSR count). The first kappa shape index (κ1) is 15.8. The van der Waals surface area contributed by atoms with Crippen LogP contribution in [0.1, 0.15) is 16.2 Å². The molecule has 0 atom stereocenters. The van der Waals surface area contributed by atoms with E-state index in [1.54, 1.807) is 17.6 Å². The minimum atomic E-state index is 0.658. The van der Waals surface area contributed by atoms with Gasteiger partial charge in [0.05, 0.1) is 19.4 Å². The van der Waals surface area contributed by atoms with Crippen LogP contribution in [0.15, 0.2) is 70.7 Å². The largest absolute Gasteiger partial charge is 0.467 e. The number of hydrogen-bond donors (Lipinski definition) is 1. The summed E-state index contributed by atoms with van der Waals surface area (Å²) in [4.78, 5) is 3.41. The Labute approximate surface area is 145 Å². The van der Waals surface area contributed by atoms with Crippen molar-refractivity contribution in [3.8, 4) is 0 Å². The Morgan fingerprint density at radius 2 is 1.91 bits per heavy atom. The lowest BCUT2D eigenvalue weighted by molar-refractivity contribution is 0.353. The van der Waals surface area contributed by atoms with E-state index in [2.05, 4.69) is 39.9 Å². The molecule has 3 nitrogen and oxygen atoms in total. The Bertz CT molecular complexity index is 673. The summed E-state index contributed by atoms with van der Waals surface area (Å²) < 4.78 is 5.47. The van der Waals surface area contributed by atoms with Crippen molar-refractivity contribution >= 4 is 28.7 Å². The van der Waals surface area contributed by atoms with Crippen LogP contribution in [0.2, 0.25) is 0 Å². The van der Waals surface area contributed by atoms with Gasteiger partial charge in [-0.15, -0.1) is 11.3 Å². The van der Waals surface area contributed by atoms with E-state index in [1.807, 2.05) is 30.3 Å². The maximum absolute atomic E-state index is 5.60. The van der Waals surface area contributed by atoms with Crippen LogP contribution in [0.4, 0.5) is 0 Å². The van der Waals surface area contributed by atoms with E-state index < -0.39 is 0 Å². The predicted octanol–water partition coefficient (Wildman–Crippen LogP) is 4.42. The third-order valence-electron chi connectivity index (χ3n) is 3.43. The van der Waals surface area contributed by atoms with Crippen molar-refractivity contribution in [3.05, 3.63) is 82.4 Å². The Hall–Kier alpha value is -2.11. The lowest BCUT2D eigenvalue weighted by atomic mass is 10.2. The predicted molar refractivity (Wildman–Crippen MR) is 98.2 cm³/mol. The Morgan fingerprint density at radius 3 is 2.61 bits per heavy atom. The monoisotopic (exact) mass is 342 g/mol. The van der Waals surface area contributed by atoms with Gasteiger partial charge >= 0.3 is 0 Å². The number of nitrogens with one attached hydrogen (secondary N) is 1. The van der Waals surface area contributed by atoms with Crippen molar-refractivity contribution in [1.82, 2.24) is 10.2 Å². The molecule has 1 aromatic carbocycles. The van der Waals surface area contributed by atoms with E-state index in [1.165, 1.54) is 10.4 Å². The van der Waals surface area contributed by atoms with Crippen LogP contribution >= 0.6 is 23.6 Å². The second kappa shape index (κ2) is 7.94. The number of benzene rings is 1. The molecule has 2 heterocycles. The zero-order valence-electron chi connectivity index (χ0n) is 12.6. The molecule has 0 spiro atoms. The van der Waals surface area contributed by atoms with Gasteiger partial charge in [-0.2, -0.15) is 0 Å². The van der Waals surface area contributed by atoms with Gasteiger partial charge in [0.1, 0.15) is 5.76 Å². The molecule has 0 amide bonds. The van der Waals surface area contributed by atoms with E-state index in [0.717, 1.165) is 24.0 Å². The van der Waals surface area contributed by atoms with Crippen molar-refractivity contribution in [2.45, 2.75) is 19.6 Å². The molecular weight excluding hydrogens is 324 g/mol. The molecule has 5 heteroatoms. The fourth-order valence-electron chi connectivity index (χ4n) is 2.27. The lowest BCUT2D eigenvalue weighted by Crippen LogP contribution is -2.38. The highest BCUT2D eigenvalue weighted by atomic mass is 32.1. The quantitative estimate of drug-likeness (QED) is 0.671. The molecule has 0 radical (unpaired) electrons. The molecule has 118 valence electrons. The van der Waals surface area contributed by atoms with Crippen LogP contribution in [-0.2, 0) is 19.6 Å². The lowest BCUT2D eigenvalue weighted by Gasteiger charge is -2.24. The number of nitrogens with zero attached hydrogens (tertiary/aromatic N) is 1. The van der Waals surface area contributed by atoms with Crippen LogP contribution in [0.3, 0.4) is 0 Å². The second-order valence-electron chi connectivity index (χ2n) is 5.16. The molecule has 0 fully saturated rings. The highest BCUT2D eigenvalue weighted by molar-refractivity contribution is 7.80. The average Bonchev–Trinajstić information content (AvgIpc) is 3.27. The van der Waals surface area contributed by atoms with Crippen LogP contribution in [-0.4, -0.2) is 10.0 Å². The van der Waals surface area contributed by atoms with Crippen molar-refractivity contribution in [3.63, 3.8) is 0 Å². The minimum absolute atomic E-state index is 0.658. The molecule has 1 N–H and O–H groups in total. The molecule has 0 bridgehead atoms. The summed E-state index contributed by atoms with van der Waals surface area (Å²) in [5, 5.41) is 6.16. The van der Waals surface area contributed by atoms with E-state index in [9.17, 15) is 0 Å². The van der Waals surface area contributed by atoms with Crippen LogP contribution < -0.4 is 5.32 Å². The molecular formula is C18H18N2OS2. The highest BCUT2D eigenvalue weighted by Crippen LogP contribution is 2.15. The minimum Gasteiger partial charge on any atom is -0.467 e. The number of rotatable bonds is 6. The molecule has 0 aliphatic heterocycles. The molecule has 0 aliphatic rings. The zero-order valence-corrected chi connectivity index (χ0v) is 14.3. The summed E-state index contributed by atoms with van der Waals surface area (Å²) in [5.41, 5.74) is 1.21. The number of hydrogen-bond acceptors (Lipinski definition) is 3. The summed E-state index contributed by atoms with van der Waals surface area (Å²) in [6, 6.07) is 18.3. The number of thiocarbonyl (C=S) groups is 1. The Kier molecular flexibility index (Phi) is 5.45. The summed E-state index contributed by atoms with van der Waals surface area (Å²) in [6.07, 6.45) is 1.69. The summed E-state index contributed by atoms with van der Waals surface area (Å²) in [7, 11) is 0. The standard InChI is InChI=1S/C18H18N2OS2/c22-18(19-12-15-6-2-1-3-7-15)20(13-16-8-4-10-21-16)14-17-9-5-11-23-17/h1-11H,12-14H2,(H,19,22). The van der Waals surface area contributed by atoms with Gasteiger partial charge < -0.3 is 14.6 Å². The molecule has 3 aromatic rings. The normalized spacial score (nSPS) is 10.4. The van der Waals surface area contributed by atoms with Gasteiger partial charge in [0, 0.05) is 11.4 Å². The average molecular weight is 342 g/mol. The van der Waals surface area contributed by atoms with Gasteiger partial charge in [0.25, 0.3) is 0 Å². The van der Waals surface area contributed by atoms with Gasteiger partial charge in [0.15, 0.2) is 5.11 Å². The summed E-state index contributed by atoms with van der Waals surface area (Å²) >= 11 is 7.33. The number of furan rings is 1. The number of thiophene rings is 1. The first-order chi connectivity index (χ1) is 11.3. The Morgan fingerprint density at radius 1 is 1.04 bits per heavy atom. The van der Waals surface area contributed by atoms with Crippen molar-refractivity contribution in [2.75, 3.05) is 0 Å². The van der Waals surface area contributed by atoms with Gasteiger partial charge in [-0.25, -0.2) is 0 Å². The summed E-state index contributed by atoms with van der Waals surface area (Å²) in [5.74, 6) is 0.908. The van der Waals surface area contributed by atoms with E-state index in [0.29, 0.717) is 6.54 Å². The zero-order chi connectivity index (χ0) is 15.9. The second-order valence-corrected chi connectivity index (χ2v) is 6.58. The maximum Gasteiger partial charge on any atom is 0.169 e. The van der Waals surface area contributed by atoms with Crippen LogP contribution in [0.25, 0.3) is 0 Å². The van der Waals surface area contributed by atoms with Crippen LogP contribution in [0, 0.1) is 0 Å². The van der Waals surface area contributed by atoms with Crippen LogP contribution in [0.5, 0.6) is 0 Å². The van der Waals surface area contributed by atoms with E-state index in [4.69, 9.17) is 16.6 Å². The van der Waals surface area contributed by atoms with Gasteiger partial charge in [-0.1, -0.05) is 36.4 Å². The first-order valence-electron chi connectivity index (χ1n) is 7.43. The molecule has 0 unspecified atom stereocenters. The third-order valence-corrected chi connectivity index (χ3v) is 4.69. The van der Waals surface area contributed by atoms with E-state index >= 15 is 0 Å². The van der Waals surface area contributed by atoms with Gasteiger partial charge in [-0.3, -0.25) is 0 Å². The third kappa shape index (κ3) is 4.68. The maximum atomic E-state index is 5.60. The van der Waals surface area contributed by atoms with Crippen molar-refractivity contribution in [2.24, 2.45) is 0 Å². The van der Waals surface area contributed by atoms with Gasteiger partial charge in [0.2, 0.25) is 0 Å². The topological polar surface area (TPSA) is 28.4 Å². The fourth-order valence-corrected chi connectivity index (χ4v) is 3.19. The highest BCUT2D eigenvalue weighted by Gasteiger charge is 2.13. The SMILES string of the molecule is S=C(NCc1ccccc1)N(Cc1ccco1)Cc1cccs1.